The Hall–Kier alpha value is -4.46. The van der Waals surface area contributed by atoms with E-state index in [4.69, 9.17) is 9.57 Å². The SMILES string of the molecule is C=C[C@@H]1C[C@@]1(NC(=O)[C@@H]1C[C@@H](O/N=C/c2ccc3ccccc3c2)CN1C(=O)[C@@H](NC(=O)OC1CCCC1)C(C)(C)C)C(=O)NS(=O)(=O)C1CC1. The molecule has 3 N–H and O–H groups in total. The minimum absolute atomic E-state index is 0.0297. The van der Waals surface area contributed by atoms with Crippen molar-refractivity contribution in [3.05, 3.63) is 60.7 Å². The van der Waals surface area contributed by atoms with Gasteiger partial charge in [-0.2, -0.15) is 0 Å². The maximum atomic E-state index is 14.4. The molecule has 4 aliphatic rings. The molecule has 1 heterocycles. The number of hydrogen-bond donors (Lipinski definition) is 3. The molecule has 1 aliphatic heterocycles. The molecular weight excluding hydrogens is 675 g/mol. The van der Waals surface area contributed by atoms with E-state index in [2.05, 4.69) is 27.1 Å². The number of nitrogens with one attached hydrogen (secondary N) is 3. The molecule has 2 aromatic rings. The molecule has 274 valence electrons. The Labute approximate surface area is 298 Å². The summed E-state index contributed by atoms with van der Waals surface area (Å²) in [5, 5.41) is 11.2. The first kappa shape index (κ1) is 36.3. The lowest BCUT2D eigenvalue weighted by atomic mass is 9.85. The number of fused-ring (bicyclic) bond motifs is 1. The average Bonchev–Trinajstić information content (AvgIpc) is 3.96. The highest BCUT2D eigenvalue weighted by Gasteiger charge is 2.62. The van der Waals surface area contributed by atoms with Crippen molar-refractivity contribution in [1.82, 2.24) is 20.3 Å². The number of likely N-dealkylation sites (tertiary alicyclic amines) is 1. The molecule has 0 bridgehead atoms. The summed E-state index contributed by atoms with van der Waals surface area (Å²) in [5.41, 5.74) is -1.51. The molecule has 0 unspecified atom stereocenters. The maximum absolute atomic E-state index is 14.4. The Morgan fingerprint density at radius 2 is 1.73 bits per heavy atom. The van der Waals surface area contributed by atoms with Crippen LogP contribution in [-0.2, 0) is 34.0 Å². The predicted molar refractivity (Wildman–Crippen MR) is 191 cm³/mol. The van der Waals surface area contributed by atoms with E-state index in [1.54, 1.807) is 27.0 Å². The molecule has 3 aliphatic carbocycles. The van der Waals surface area contributed by atoms with Crippen LogP contribution in [0.1, 0.15) is 77.7 Å². The van der Waals surface area contributed by atoms with Crippen molar-refractivity contribution < 1.29 is 37.2 Å². The zero-order valence-corrected chi connectivity index (χ0v) is 30.1. The second kappa shape index (κ2) is 14.3. The highest BCUT2D eigenvalue weighted by atomic mass is 32.2. The molecule has 14 heteroatoms. The van der Waals surface area contributed by atoms with Crippen molar-refractivity contribution in [2.24, 2.45) is 16.5 Å². The van der Waals surface area contributed by atoms with Gasteiger partial charge < -0.3 is 25.1 Å². The summed E-state index contributed by atoms with van der Waals surface area (Å²) >= 11 is 0. The van der Waals surface area contributed by atoms with Crippen molar-refractivity contribution >= 4 is 50.8 Å². The molecule has 0 aromatic heterocycles. The Morgan fingerprint density at radius 3 is 2.37 bits per heavy atom. The summed E-state index contributed by atoms with van der Waals surface area (Å²) in [5.74, 6) is -2.52. The third kappa shape index (κ3) is 8.21. The van der Waals surface area contributed by atoms with E-state index in [1.807, 2.05) is 42.5 Å². The summed E-state index contributed by atoms with van der Waals surface area (Å²) < 4.78 is 33.0. The number of ether oxygens (including phenoxy) is 1. The van der Waals surface area contributed by atoms with Gasteiger partial charge in [0.05, 0.1) is 18.0 Å². The zero-order valence-electron chi connectivity index (χ0n) is 29.3. The minimum atomic E-state index is -3.88. The quantitative estimate of drug-likeness (QED) is 0.168. The standard InChI is InChI=1S/C37H47N5O8S/c1-5-26-20-37(26,34(45)41-51(47,48)29-16-17-29)40-32(43)30-19-28(50-38-21-23-14-15-24-10-6-7-11-25(24)18-23)22-42(30)33(44)31(36(2,3)4)39-35(46)49-27-12-8-9-13-27/h5-7,10-11,14-15,18,21,26-31H,1,8-9,12-13,16-17,19-20,22H2,2-4H3,(H,39,46)(H,40,43)(H,41,45)/b38-21+/t26-,28-,30+,31-,37+/m1/s1. The molecule has 2 aromatic carbocycles. The molecule has 3 saturated carbocycles. The third-order valence-electron chi connectivity index (χ3n) is 10.2. The Bertz CT molecular complexity index is 1830. The van der Waals surface area contributed by atoms with Gasteiger partial charge in [0, 0.05) is 12.3 Å². The van der Waals surface area contributed by atoms with E-state index in [9.17, 15) is 27.6 Å². The van der Waals surface area contributed by atoms with Gasteiger partial charge in [0.2, 0.25) is 21.8 Å². The fourth-order valence-electron chi connectivity index (χ4n) is 6.97. The predicted octanol–water partition coefficient (Wildman–Crippen LogP) is 3.91. The monoisotopic (exact) mass is 721 g/mol. The van der Waals surface area contributed by atoms with Gasteiger partial charge in [0.1, 0.15) is 29.8 Å². The lowest BCUT2D eigenvalue weighted by Gasteiger charge is -2.35. The van der Waals surface area contributed by atoms with E-state index in [0.717, 1.165) is 42.0 Å². The minimum Gasteiger partial charge on any atom is -0.446 e. The van der Waals surface area contributed by atoms with Gasteiger partial charge in [0.15, 0.2) is 0 Å². The average molecular weight is 722 g/mol. The summed E-state index contributed by atoms with van der Waals surface area (Å²) in [6.45, 7) is 9.14. The van der Waals surface area contributed by atoms with Crippen LogP contribution in [0.3, 0.4) is 0 Å². The molecule has 0 radical (unpaired) electrons. The first-order valence-corrected chi connectivity index (χ1v) is 19.2. The first-order valence-electron chi connectivity index (χ1n) is 17.7. The number of amides is 4. The summed E-state index contributed by atoms with van der Waals surface area (Å²) in [4.78, 5) is 62.1. The number of alkyl carbamates (subject to hydrolysis) is 1. The molecule has 1 saturated heterocycles. The largest absolute Gasteiger partial charge is 0.446 e. The molecular formula is C37H47N5O8S. The summed E-state index contributed by atoms with van der Waals surface area (Å²) in [6.07, 6.45) is 6.01. The number of oxime groups is 1. The topological polar surface area (TPSA) is 173 Å². The van der Waals surface area contributed by atoms with Crippen molar-refractivity contribution in [3.8, 4) is 0 Å². The van der Waals surface area contributed by atoms with Crippen LogP contribution in [0, 0.1) is 11.3 Å². The third-order valence-corrected chi connectivity index (χ3v) is 12.1. The van der Waals surface area contributed by atoms with Crippen molar-refractivity contribution in [3.63, 3.8) is 0 Å². The second-order valence-electron chi connectivity index (χ2n) is 15.2. The van der Waals surface area contributed by atoms with Crippen molar-refractivity contribution in [2.45, 2.75) is 107 Å². The van der Waals surface area contributed by atoms with Crippen LogP contribution in [0.4, 0.5) is 4.79 Å². The highest BCUT2D eigenvalue weighted by molar-refractivity contribution is 7.91. The van der Waals surface area contributed by atoms with Crippen LogP contribution in [0.25, 0.3) is 10.8 Å². The van der Waals surface area contributed by atoms with Gasteiger partial charge in [0.25, 0.3) is 5.91 Å². The van der Waals surface area contributed by atoms with E-state index in [1.165, 1.54) is 11.0 Å². The van der Waals surface area contributed by atoms with E-state index < -0.39 is 74.1 Å². The number of hydrogen-bond acceptors (Lipinski definition) is 9. The lowest BCUT2D eigenvalue weighted by molar-refractivity contribution is -0.143. The van der Waals surface area contributed by atoms with Crippen LogP contribution in [-0.4, -0.2) is 85.0 Å². The number of sulfonamides is 1. The molecule has 6 rings (SSSR count). The highest BCUT2D eigenvalue weighted by Crippen LogP contribution is 2.45. The van der Waals surface area contributed by atoms with E-state index >= 15 is 0 Å². The molecule has 13 nitrogen and oxygen atoms in total. The summed E-state index contributed by atoms with van der Waals surface area (Å²) in [7, 11) is -3.88. The smallest absolute Gasteiger partial charge is 0.408 e. The van der Waals surface area contributed by atoms with E-state index in [0.29, 0.717) is 12.8 Å². The van der Waals surface area contributed by atoms with Gasteiger partial charge >= 0.3 is 6.09 Å². The number of carbonyl (C=O) groups excluding carboxylic acids is 4. The van der Waals surface area contributed by atoms with Crippen molar-refractivity contribution in [2.75, 3.05) is 6.54 Å². The number of rotatable bonds is 12. The molecule has 51 heavy (non-hydrogen) atoms. The first-order chi connectivity index (χ1) is 24.2. The van der Waals surface area contributed by atoms with E-state index in [-0.39, 0.29) is 25.5 Å². The van der Waals surface area contributed by atoms with Gasteiger partial charge in [-0.3, -0.25) is 19.1 Å². The van der Waals surface area contributed by atoms with Crippen LogP contribution >= 0.6 is 0 Å². The zero-order chi connectivity index (χ0) is 36.6. The van der Waals surface area contributed by atoms with Crippen LogP contribution in [0.15, 0.2) is 60.3 Å². The second-order valence-corrected chi connectivity index (χ2v) is 17.2. The lowest BCUT2D eigenvalue weighted by Crippen LogP contribution is -2.60. The van der Waals surface area contributed by atoms with Gasteiger partial charge in [-0.1, -0.05) is 68.4 Å². The van der Waals surface area contributed by atoms with Gasteiger partial charge in [-0.25, -0.2) is 13.2 Å². The molecule has 4 amide bonds. The Balaban J connectivity index is 1.21. The van der Waals surface area contributed by atoms with Crippen LogP contribution in [0.5, 0.6) is 0 Å². The van der Waals surface area contributed by atoms with Crippen LogP contribution < -0.4 is 15.4 Å². The van der Waals surface area contributed by atoms with Crippen molar-refractivity contribution in [1.29, 1.82) is 0 Å². The fourth-order valence-corrected chi connectivity index (χ4v) is 8.34. The molecule has 5 atom stereocenters. The molecule has 0 spiro atoms. The van der Waals surface area contributed by atoms with Crippen LogP contribution in [0.2, 0.25) is 0 Å². The van der Waals surface area contributed by atoms with Gasteiger partial charge in [-0.15, -0.1) is 6.58 Å². The fraction of sp³-hybridized carbons (Fsp3) is 0.541. The van der Waals surface area contributed by atoms with Gasteiger partial charge in [-0.05, 0) is 72.8 Å². The number of carbonyl (C=O) groups is 4. The number of benzene rings is 2. The molecule has 4 fully saturated rings. The Morgan fingerprint density at radius 1 is 1.02 bits per heavy atom. The summed E-state index contributed by atoms with van der Waals surface area (Å²) in [6, 6.07) is 11.6. The number of nitrogens with zero attached hydrogens (tertiary/aromatic N) is 2. The normalized spacial score (nSPS) is 25.7. The maximum Gasteiger partial charge on any atom is 0.408 e. The Kier molecular flexibility index (Phi) is 10.2.